The van der Waals surface area contributed by atoms with E-state index in [0.717, 1.165) is 18.4 Å². The zero-order valence-electron chi connectivity index (χ0n) is 16.5. The number of nitrogens with zero attached hydrogens (tertiary/aromatic N) is 2. The van der Waals surface area contributed by atoms with Crippen LogP contribution >= 0.6 is 7.92 Å². The summed E-state index contributed by atoms with van der Waals surface area (Å²) in [5.41, 5.74) is 2.32. The molecule has 3 heteroatoms. The minimum Gasteiger partial charge on any atom is -0.334 e. The fourth-order valence-electron chi connectivity index (χ4n) is 4.29. The van der Waals surface area contributed by atoms with Crippen molar-refractivity contribution in [2.75, 3.05) is 6.16 Å². The molecule has 0 amide bonds. The molecule has 29 heavy (non-hydrogen) atoms. The summed E-state index contributed by atoms with van der Waals surface area (Å²) >= 11 is 0. The predicted molar refractivity (Wildman–Crippen MR) is 124 cm³/mol. The van der Waals surface area contributed by atoms with Crippen molar-refractivity contribution in [2.45, 2.75) is 25.3 Å². The third-order valence-corrected chi connectivity index (χ3v) is 8.38. The molecule has 1 aliphatic heterocycles. The molecule has 1 aromatic heterocycles. The van der Waals surface area contributed by atoms with Crippen molar-refractivity contribution in [2.24, 2.45) is 0 Å². The van der Waals surface area contributed by atoms with Crippen LogP contribution in [0.2, 0.25) is 0 Å². The van der Waals surface area contributed by atoms with E-state index in [9.17, 15) is 0 Å². The second-order valence-corrected chi connectivity index (χ2v) is 9.92. The number of hydrogen-bond acceptors (Lipinski definition) is 1. The lowest BCUT2D eigenvalue weighted by molar-refractivity contribution is 0.467. The Morgan fingerprint density at radius 2 is 1.38 bits per heavy atom. The number of imidazole rings is 1. The Labute approximate surface area is 174 Å². The molecule has 0 aliphatic carbocycles. The van der Waals surface area contributed by atoms with Crippen molar-refractivity contribution >= 4 is 18.5 Å². The summed E-state index contributed by atoms with van der Waals surface area (Å²) in [7, 11) is -0.397. The Bertz CT molecular complexity index is 1020. The summed E-state index contributed by atoms with van der Waals surface area (Å²) in [5.74, 6) is 1.78. The maximum absolute atomic E-state index is 5.12. The van der Waals surface area contributed by atoms with E-state index in [-0.39, 0.29) is 0 Å². The van der Waals surface area contributed by atoms with Crippen LogP contribution in [0.4, 0.5) is 0 Å². The molecule has 4 aromatic rings. The molecule has 0 saturated carbocycles. The third-order valence-electron chi connectivity index (χ3n) is 5.73. The summed E-state index contributed by atoms with van der Waals surface area (Å²) in [6.45, 7) is 1.08. The highest BCUT2D eigenvalue weighted by atomic mass is 31.1. The first-order valence-electron chi connectivity index (χ1n) is 10.4. The quantitative estimate of drug-likeness (QED) is 0.404. The van der Waals surface area contributed by atoms with Gasteiger partial charge in [-0.05, 0) is 37.5 Å². The van der Waals surface area contributed by atoms with Gasteiger partial charge >= 0.3 is 0 Å². The first-order valence-corrected chi connectivity index (χ1v) is 11.9. The summed E-state index contributed by atoms with van der Waals surface area (Å²) in [6, 6.07) is 32.6. The molecule has 1 aliphatic rings. The number of hydrogen-bond donors (Lipinski definition) is 0. The van der Waals surface area contributed by atoms with Crippen LogP contribution in [0.15, 0.2) is 97.2 Å². The zero-order valence-corrected chi connectivity index (χ0v) is 17.4. The monoisotopic (exact) mass is 396 g/mol. The number of aromatic nitrogens is 2. The van der Waals surface area contributed by atoms with Crippen LogP contribution in [0.5, 0.6) is 0 Å². The lowest BCUT2D eigenvalue weighted by Gasteiger charge is -2.28. The molecule has 0 radical (unpaired) electrons. The fraction of sp³-hybridized carbons (Fsp3) is 0.192. The van der Waals surface area contributed by atoms with Crippen molar-refractivity contribution in [1.82, 2.24) is 9.55 Å². The largest absolute Gasteiger partial charge is 0.334 e. The molecular weight excluding hydrogens is 371 g/mol. The SMILES string of the molecule is c1ccc(-c2cn3c(n2)C(CP(c2ccccc2)c2ccccc2)CCC3)cc1. The first kappa shape index (κ1) is 18.3. The van der Waals surface area contributed by atoms with Gasteiger partial charge in [-0.2, -0.15) is 0 Å². The van der Waals surface area contributed by atoms with E-state index in [2.05, 4.69) is 102 Å². The van der Waals surface area contributed by atoms with E-state index >= 15 is 0 Å². The van der Waals surface area contributed by atoms with E-state index in [4.69, 9.17) is 4.98 Å². The van der Waals surface area contributed by atoms with Crippen LogP contribution in [0.25, 0.3) is 11.3 Å². The maximum Gasteiger partial charge on any atom is 0.112 e. The molecule has 2 nitrogen and oxygen atoms in total. The summed E-state index contributed by atoms with van der Waals surface area (Å²) in [4.78, 5) is 5.12. The van der Waals surface area contributed by atoms with Gasteiger partial charge in [0.25, 0.3) is 0 Å². The molecular formula is C26H25N2P. The zero-order chi connectivity index (χ0) is 19.5. The van der Waals surface area contributed by atoms with E-state index in [1.54, 1.807) is 0 Å². The predicted octanol–water partition coefficient (Wildman–Crippen LogP) is 5.56. The molecule has 2 heterocycles. The van der Waals surface area contributed by atoms with Gasteiger partial charge in [0.2, 0.25) is 0 Å². The minimum absolute atomic E-state index is 0.397. The first-order chi connectivity index (χ1) is 14.4. The van der Waals surface area contributed by atoms with E-state index in [1.165, 1.54) is 34.8 Å². The van der Waals surface area contributed by atoms with Crippen molar-refractivity contribution in [3.63, 3.8) is 0 Å². The molecule has 0 bridgehead atoms. The Morgan fingerprint density at radius 3 is 2.00 bits per heavy atom. The molecule has 5 rings (SSSR count). The third kappa shape index (κ3) is 3.91. The van der Waals surface area contributed by atoms with Gasteiger partial charge in [0.05, 0.1) is 5.69 Å². The maximum atomic E-state index is 5.12. The van der Waals surface area contributed by atoms with Crippen molar-refractivity contribution in [3.05, 3.63) is 103 Å². The van der Waals surface area contributed by atoms with Crippen LogP contribution in [-0.4, -0.2) is 15.7 Å². The molecule has 0 N–H and O–H groups in total. The van der Waals surface area contributed by atoms with E-state index in [1.807, 2.05) is 0 Å². The second-order valence-electron chi connectivity index (χ2n) is 7.66. The summed E-state index contributed by atoms with van der Waals surface area (Å²) in [6.07, 6.45) is 5.87. The molecule has 144 valence electrons. The highest BCUT2D eigenvalue weighted by molar-refractivity contribution is 7.73. The number of rotatable bonds is 5. The topological polar surface area (TPSA) is 17.8 Å². The Kier molecular flexibility index (Phi) is 5.28. The Hall–Kier alpha value is -2.70. The van der Waals surface area contributed by atoms with Gasteiger partial charge in [0.15, 0.2) is 0 Å². The molecule has 3 aromatic carbocycles. The van der Waals surface area contributed by atoms with Crippen molar-refractivity contribution in [1.29, 1.82) is 0 Å². The van der Waals surface area contributed by atoms with Gasteiger partial charge in [-0.1, -0.05) is 91.0 Å². The number of fused-ring (bicyclic) bond motifs is 1. The van der Waals surface area contributed by atoms with Gasteiger partial charge in [-0.15, -0.1) is 0 Å². The number of benzene rings is 3. The molecule has 0 fully saturated rings. The lowest BCUT2D eigenvalue weighted by atomic mass is 10.0. The Morgan fingerprint density at radius 1 is 0.793 bits per heavy atom. The highest BCUT2D eigenvalue weighted by Crippen LogP contribution is 2.42. The summed E-state index contributed by atoms with van der Waals surface area (Å²) in [5, 5.41) is 2.92. The van der Waals surface area contributed by atoms with Crippen LogP contribution in [0.3, 0.4) is 0 Å². The fourth-order valence-corrected chi connectivity index (χ4v) is 6.86. The average Bonchev–Trinajstić information content (AvgIpc) is 3.24. The normalized spacial score (nSPS) is 16.0. The molecule has 0 saturated heterocycles. The number of aryl methyl sites for hydroxylation is 1. The van der Waals surface area contributed by atoms with Gasteiger partial charge in [0, 0.05) is 24.2 Å². The van der Waals surface area contributed by atoms with Crippen LogP contribution in [-0.2, 0) is 6.54 Å². The van der Waals surface area contributed by atoms with E-state index in [0.29, 0.717) is 5.92 Å². The Balaban J connectivity index is 1.49. The van der Waals surface area contributed by atoms with Gasteiger partial charge < -0.3 is 4.57 Å². The minimum atomic E-state index is -0.397. The smallest absolute Gasteiger partial charge is 0.112 e. The molecule has 1 unspecified atom stereocenters. The average molecular weight is 396 g/mol. The summed E-state index contributed by atoms with van der Waals surface area (Å²) < 4.78 is 2.40. The highest BCUT2D eigenvalue weighted by Gasteiger charge is 2.27. The molecule has 1 atom stereocenters. The molecule has 0 spiro atoms. The second kappa shape index (κ2) is 8.35. The van der Waals surface area contributed by atoms with Crippen molar-refractivity contribution in [3.8, 4) is 11.3 Å². The van der Waals surface area contributed by atoms with Crippen LogP contribution in [0.1, 0.15) is 24.6 Å². The van der Waals surface area contributed by atoms with Gasteiger partial charge in [-0.25, -0.2) is 4.98 Å². The van der Waals surface area contributed by atoms with Gasteiger partial charge in [0.1, 0.15) is 5.82 Å². The standard InChI is InChI=1S/C26H25N2P/c1-4-11-21(12-5-1)25-19-28-18-10-13-22(26(28)27-25)20-29(23-14-6-2-7-15-23)24-16-8-3-9-17-24/h1-9,11-12,14-17,19,22H,10,13,18,20H2. The van der Waals surface area contributed by atoms with Gasteiger partial charge in [-0.3, -0.25) is 0 Å². The van der Waals surface area contributed by atoms with Crippen molar-refractivity contribution < 1.29 is 0 Å². The lowest BCUT2D eigenvalue weighted by Crippen LogP contribution is -2.22. The van der Waals surface area contributed by atoms with E-state index < -0.39 is 7.92 Å². The van der Waals surface area contributed by atoms with Crippen LogP contribution in [0, 0.1) is 0 Å². The van der Waals surface area contributed by atoms with Crippen LogP contribution < -0.4 is 10.6 Å².